The smallest absolute Gasteiger partial charge is 0.234 e. The van der Waals surface area contributed by atoms with Crippen molar-refractivity contribution in [3.05, 3.63) is 23.0 Å². The van der Waals surface area contributed by atoms with Crippen LogP contribution in [0.1, 0.15) is 50.8 Å². The highest BCUT2D eigenvalue weighted by Gasteiger charge is 2.23. The van der Waals surface area contributed by atoms with E-state index in [1.54, 1.807) is 12.1 Å². The number of thioether (sulfide) groups is 1. The number of carbonyl (C=O) groups excluding carboxylic acids is 1. The fraction of sp³-hybridized carbons (Fsp3) is 0.550. The molecule has 0 spiro atoms. The lowest BCUT2D eigenvalue weighted by Gasteiger charge is -2.21. The first-order valence-electron chi connectivity index (χ1n) is 9.84. The van der Waals surface area contributed by atoms with E-state index in [0.29, 0.717) is 28.1 Å². The van der Waals surface area contributed by atoms with Crippen LogP contribution in [0.25, 0.3) is 0 Å². The zero-order valence-electron chi connectivity index (χ0n) is 17.0. The third-order valence-corrected chi connectivity index (χ3v) is 6.37. The molecular formula is C20H27ClN4O3S. The summed E-state index contributed by atoms with van der Waals surface area (Å²) >= 11 is 7.51. The second-order valence-electron chi connectivity index (χ2n) is 6.94. The van der Waals surface area contributed by atoms with Gasteiger partial charge in [-0.15, -0.1) is 10.2 Å². The number of hydrogen-bond donors (Lipinski definition) is 1. The molecule has 0 bridgehead atoms. The van der Waals surface area contributed by atoms with Gasteiger partial charge in [0, 0.05) is 24.6 Å². The number of nitrogens with zero attached hydrogens (tertiary/aromatic N) is 3. The van der Waals surface area contributed by atoms with Gasteiger partial charge in [-0.1, -0.05) is 42.6 Å². The molecule has 0 radical (unpaired) electrons. The number of halogens is 1. The quantitative estimate of drug-likeness (QED) is 0.599. The number of amides is 1. The number of benzene rings is 1. The molecule has 0 saturated heterocycles. The van der Waals surface area contributed by atoms with E-state index in [1.807, 2.05) is 0 Å². The Kier molecular flexibility index (Phi) is 7.66. The van der Waals surface area contributed by atoms with Crippen molar-refractivity contribution in [2.45, 2.75) is 56.6 Å². The van der Waals surface area contributed by atoms with Gasteiger partial charge >= 0.3 is 0 Å². The molecule has 0 atom stereocenters. The fourth-order valence-electron chi connectivity index (χ4n) is 3.64. The second-order valence-corrected chi connectivity index (χ2v) is 8.29. The summed E-state index contributed by atoms with van der Waals surface area (Å²) in [6.07, 6.45) is 6.14. The van der Waals surface area contributed by atoms with Crippen LogP contribution in [0.5, 0.6) is 11.5 Å². The summed E-state index contributed by atoms with van der Waals surface area (Å²) in [5.74, 6) is 2.53. The molecule has 1 N–H and O–H groups in total. The van der Waals surface area contributed by atoms with Crippen LogP contribution in [-0.4, -0.2) is 40.6 Å². The van der Waals surface area contributed by atoms with Crippen molar-refractivity contribution >= 4 is 35.0 Å². The van der Waals surface area contributed by atoms with Crippen LogP contribution in [0, 0.1) is 0 Å². The fourth-order valence-corrected chi connectivity index (χ4v) is 4.68. The van der Waals surface area contributed by atoms with Crippen molar-refractivity contribution in [1.82, 2.24) is 14.8 Å². The van der Waals surface area contributed by atoms with Gasteiger partial charge in [-0.3, -0.25) is 4.79 Å². The van der Waals surface area contributed by atoms with Crippen molar-refractivity contribution in [2.24, 2.45) is 0 Å². The van der Waals surface area contributed by atoms with Crippen LogP contribution in [0.2, 0.25) is 5.02 Å². The first-order valence-corrected chi connectivity index (χ1v) is 11.2. The number of ether oxygens (including phenoxy) is 2. The van der Waals surface area contributed by atoms with Crippen LogP contribution in [0.4, 0.5) is 5.69 Å². The standard InChI is InChI=1S/C20H27ClN4O3S/c1-4-25-19(13-8-6-5-7-9-13)23-24-20(25)29-12-18(26)22-15-11-16(27-2)14(21)10-17(15)28-3/h10-11,13H,4-9,12H2,1-3H3,(H,22,26). The topological polar surface area (TPSA) is 78.3 Å². The first kappa shape index (κ1) is 21.8. The highest BCUT2D eigenvalue weighted by atomic mass is 35.5. The van der Waals surface area contributed by atoms with E-state index in [4.69, 9.17) is 21.1 Å². The number of anilines is 1. The summed E-state index contributed by atoms with van der Waals surface area (Å²) in [4.78, 5) is 12.5. The number of methoxy groups -OCH3 is 2. The van der Waals surface area contributed by atoms with Gasteiger partial charge in [-0.05, 0) is 19.8 Å². The van der Waals surface area contributed by atoms with Crippen molar-refractivity contribution in [2.75, 3.05) is 25.3 Å². The lowest BCUT2D eigenvalue weighted by Crippen LogP contribution is -2.16. The molecule has 0 unspecified atom stereocenters. The average molecular weight is 439 g/mol. The molecule has 1 amide bonds. The lowest BCUT2D eigenvalue weighted by molar-refractivity contribution is -0.113. The predicted molar refractivity (Wildman–Crippen MR) is 115 cm³/mol. The molecule has 158 valence electrons. The van der Waals surface area contributed by atoms with Gasteiger partial charge in [0.1, 0.15) is 17.3 Å². The molecule has 1 aliphatic carbocycles. The minimum atomic E-state index is -0.164. The molecule has 2 aromatic rings. The zero-order valence-corrected chi connectivity index (χ0v) is 18.6. The monoisotopic (exact) mass is 438 g/mol. The molecule has 7 nitrogen and oxygen atoms in total. The molecular weight excluding hydrogens is 412 g/mol. The van der Waals surface area contributed by atoms with E-state index in [-0.39, 0.29) is 11.7 Å². The zero-order chi connectivity index (χ0) is 20.8. The van der Waals surface area contributed by atoms with E-state index in [2.05, 4.69) is 27.0 Å². The van der Waals surface area contributed by atoms with E-state index in [0.717, 1.165) is 17.5 Å². The summed E-state index contributed by atoms with van der Waals surface area (Å²) < 4.78 is 12.7. The van der Waals surface area contributed by atoms with Crippen molar-refractivity contribution < 1.29 is 14.3 Å². The third-order valence-electron chi connectivity index (χ3n) is 5.11. The van der Waals surface area contributed by atoms with E-state index in [1.165, 1.54) is 58.1 Å². The van der Waals surface area contributed by atoms with Gasteiger partial charge in [0.25, 0.3) is 0 Å². The molecule has 1 saturated carbocycles. The minimum Gasteiger partial charge on any atom is -0.495 e. The van der Waals surface area contributed by atoms with E-state index >= 15 is 0 Å². The maximum absolute atomic E-state index is 12.5. The number of carbonyl (C=O) groups is 1. The SMILES string of the molecule is CCn1c(SCC(=O)Nc2cc(OC)c(Cl)cc2OC)nnc1C1CCCCC1. The van der Waals surface area contributed by atoms with Gasteiger partial charge < -0.3 is 19.4 Å². The number of aromatic nitrogens is 3. The van der Waals surface area contributed by atoms with Crippen molar-refractivity contribution in [3.63, 3.8) is 0 Å². The predicted octanol–water partition coefficient (Wildman–Crippen LogP) is 4.75. The highest BCUT2D eigenvalue weighted by Crippen LogP contribution is 2.36. The van der Waals surface area contributed by atoms with Gasteiger partial charge in [0.2, 0.25) is 5.91 Å². The summed E-state index contributed by atoms with van der Waals surface area (Å²) in [5, 5.41) is 12.9. The van der Waals surface area contributed by atoms with Crippen LogP contribution in [-0.2, 0) is 11.3 Å². The first-order chi connectivity index (χ1) is 14.1. The average Bonchev–Trinajstić information content (AvgIpc) is 3.16. The molecule has 0 aliphatic heterocycles. The Hall–Kier alpha value is -1.93. The molecule has 1 aliphatic rings. The summed E-state index contributed by atoms with van der Waals surface area (Å²) in [7, 11) is 3.05. The van der Waals surface area contributed by atoms with Crippen LogP contribution < -0.4 is 14.8 Å². The van der Waals surface area contributed by atoms with Gasteiger partial charge in [-0.2, -0.15) is 0 Å². The van der Waals surface area contributed by atoms with E-state index in [9.17, 15) is 4.79 Å². The maximum atomic E-state index is 12.5. The van der Waals surface area contributed by atoms with Crippen LogP contribution in [0.15, 0.2) is 17.3 Å². The maximum Gasteiger partial charge on any atom is 0.234 e. The highest BCUT2D eigenvalue weighted by molar-refractivity contribution is 7.99. The van der Waals surface area contributed by atoms with Gasteiger partial charge in [-0.25, -0.2) is 0 Å². The largest absolute Gasteiger partial charge is 0.495 e. The number of rotatable bonds is 8. The van der Waals surface area contributed by atoms with Gasteiger partial charge in [0.15, 0.2) is 5.16 Å². The number of hydrogen-bond acceptors (Lipinski definition) is 6. The Morgan fingerprint density at radius 2 is 1.93 bits per heavy atom. The normalized spacial score (nSPS) is 14.6. The molecule has 1 aromatic heterocycles. The molecule has 9 heteroatoms. The summed E-state index contributed by atoms with van der Waals surface area (Å²) in [6, 6.07) is 3.27. The molecule has 1 fully saturated rings. The summed E-state index contributed by atoms with van der Waals surface area (Å²) in [5.41, 5.74) is 0.513. The van der Waals surface area contributed by atoms with Gasteiger partial charge in [0.05, 0.1) is 30.7 Å². The summed E-state index contributed by atoms with van der Waals surface area (Å²) in [6.45, 7) is 2.88. The van der Waals surface area contributed by atoms with E-state index < -0.39 is 0 Å². The molecule has 1 aromatic carbocycles. The molecule has 1 heterocycles. The molecule has 29 heavy (non-hydrogen) atoms. The Bertz CT molecular complexity index is 852. The molecule has 3 rings (SSSR count). The Balaban J connectivity index is 1.66. The Morgan fingerprint density at radius 1 is 1.21 bits per heavy atom. The Labute approximate surface area is 180 Å². The van der Waals surface area contributed by atoms with Crippen LogP contribution in [0.3, 0.4) is 0 Å². The number of nitrogens with one attached hydrogen (secondary N) is 1. The lowest BCUT2D eigenvalue weighted by atomic mass is 9.89. The third kappa shape index (κ3) is 5.17. The second kappa shape index (κ2) is 10.2. The van der Waals surface area contributed by atoms with Crippen LogP contribution >= 0.6 is 23.4 Å². The minimum absolute atomic E-state index is 0.164. The Morgan fingerprint density at radius 3 is 2.59 bits per heavy atom. The van der Waals surface area contributed by atoms with Crippen molar-refractivity contribution in [1.29, 1.82) is 0 Å². The van der Waals surface area contributed by atoms with Crippen molar-refractivity contribution in [3.8, 4) is 11.5 Å².